The zero-order valence-electron chi connectivity index (χ0n) is 8.26. The number of tetrazole rings is 1. The van der Waals surface area contributed by atoms with E-state index in [4.69, 9.17) is 0 Å². The predicted molar refractivity (Wildman–Crippen MR) is 48.7 cm³/mol. The molecule has 0 radical (unpaired) electrons. The molecule has 2 amide bonds. The minimum Gasteiger partial charge on any atom is -0.343 e. The van der Waals surface area contributed by atoms with E-state index in [9.17, 15) is 9.59 Å². The van der Waals surface area contributed by atoms with Crippen LogP contribution < -0.4 is 10.2 Å². The molecule has 0 saturated carbocycles. The highest BCUT2D eigenvalue weighted by Gasteiger charge is 2.47. The summed E-state index contributed by atoms with van der Waals surface area (Å²) in [6.45, 7) is 3.18. The van der Waals surface area contributed by atoms with E-state index >= 15 is 0 Å². The lowest BCUT2D eigenvalue weighted by Crippen LogP contribution is -2.70. The summed E-state index contributed by atoms with van der Waals surface area (Å²) in [5, 5.41) is 15.6. The lowest BCUT2D eigenvalue weighted by atomic mass is 9.97. The predicted octanol–water partition coefficient (Wildman–Crippen LogP) is -1.56. The summed E-state index contributed by atoms with van der Waals surface area (Å²) in [7, 11) is 0. The SMILES string of the molecule is CC(=O)NC1C(=O)N(c2nn[nH]n2)C1C. The minimum absolute atomic E-state index is 0.154. The van der Waals surface area contributed by atoms with Gasteiger partial charge in [0.2, 0.25) is 5.91 Å². The van der Waals surface area contributed by atoms with Crippen LogP contribution in [0, 0.1) is 0 Å². The van der Waals surface area contributed by atoms with Crippen molar-refractivity contribution in [2.24, 2.45) is 0 Å². The average molecular weight is 210 g/mol. The molecule has 1 aliphatic heterocycles. The molecule has 2 atom stereocenters. The van der Waals surface area contributed by atoms with E-state index in [-0.39, 0.29) is 23.8 Å². The van der Waals surface area contributed by atoms with Gasteiger partial charge in [0.15, 0.2) is 0 Å². The fourth-order valence-electron chi connectivity index (χ4n) is 1.56. The van der Waals surface area contributed by atoms with Gasteiger partial charge in [0, 0.05) is 6.92 Å². The van der Waals surface area contributed by atoms with Crippen LogP contribution in [0.1, 0.15) is 13.8 Å². The molecule has 15 heavy (non-hydrogen) atoms. The number of anilines is 1. The zero-order chi connectivity index (χ0) is 11.0. The maximum atomic E-state index is 11.6. The number of nitrogens with zero attached hydrogens (tertiary/aromatic N) is 4. The Labute approximate surface area is 85.0 Å². The molecular weight excluding hydrogens is 200 g/mol. The van der Waals surface area contributed by atoms with E-state index in [0.717, 1.165) is 0 Å². The molecule has 1 fully saturated rings. The molecular formula is C7H10N6O2. The first-order valence-corrected chi connectivity index (χ1v) is 4.45. The number of aromatic amines is 1. The second-order valence-electron chi connectivity index (χ2n) is 3.34. The van der Waals surface area contributed by atoms with Gasteiger partial charge < -0.3 is 5.32 Å². The monoisotopic (exact) mass is 210 g/mol. The number of H-pyrrole nitrogens is 1. The number of hydrogen-bond acceptors (Lipinski definition) is 5. The number of nitrogens with one attached hydrogen (secondary N) is 2. The molecule has 0 aliphatic carbocycles. The van der Waals surface area contributed by atoms with Crippen molar-refractivity contribution in [1.29, 1.82) is 0 Å². The molecule has 1 aromatic rings. The van der Waals surface area contributed by atoms with Gasteiger partial charge in [-0.2, -0.15) is 5.21 Å². The highest BCUT2D eigenvalue weighted by atomic mass is 16.2. The Morgan fingerprint density at radius 1 is 1.60 bits per heavy atom. The molecule has 1 saturated heterocycles. The first-order valence-electron chi connectivity index (χ1n) is 4.45. The van der Waals surface area contributed by atoms with Crippen molar-refractivity contribution in [3.63, 3.8) is 0 Å². The third kappa shape index (κ3) is 1.43. The number of rotatable bonds is 2. The average Bonchev–Trinajstić information content (AvgIpc) is 2.68. The van der Waals surface area contributed by atoms with Crippen molar-refractivity contribution in [3.8, 4) is 0 Å². The lowest BCUT2D eigenvalue weighted by molar-refractivity contribution is -0.131. The van der Waals surface area contributed by atoms with Crippen molar-refractivity contribution in [3.05, 3.63) is 0 Å². The molecule has 2 unspecified atom stereocenters. The van der Waals surface area contributed by atoms with Crippen LogP contribution in [0.25, 0.3) is 0 Å². The lowest BCUT2D eigenvalue weighted by Gasteiger charge is -2.42. The standard InChI is InChI=1S/C7H10N6O2/c1-3-5(8-4(2)14)6(15)13(3)7-9-11-12-10-7/h3,5H,1-2H3,(H,8,14)(H,9,10,11,12). The highest BCUT2D eigenvalue weighted by Crippen LogP contribution is 2.23. The Hall–Kier alpha value is -1.99. The van der Waals surface area contributed by atoms with E-state index in [2.05, 4.69) is 25.9 Å². The Bertz CT molecular complexity index is 388. The molecule has 1 aliphatic rings. The summed E-state index contributed by atoms with van der Waals surface area (Å²) in [6.07, 6.45) is 0. The first kappa shape index (κ1) is 9.56. The quantitative estimate of drug-likeness (QED) is 0.574. The van der Waals surface area contributed by atoms with Crippen molar-refractivity contribution < 1.29 is 9.59 Å². The van der Waals surface area contributed by atoms with Gasteiger partial charge in [-0.3, -0.25) is 14.5 Å². The molecule has 0 aromatic carbocycles. The first-order chi connectivity index (χ1) is 7.11. The van der Waals surface area contributed by atoms with Crippen LogP contribution in [-0.2, 0) is 9.59 Å². The Balaban J connectivity index is 2.09. The van der Waals surface area contributed by atoms with Crippen LogP contribution in [0.2, 0.25) is 0 Å². The van der Waals surface area contributed by atoms with E-state index < -0.39 is 6.04 Å². The molecule has 2 heterocycles. The molecule has 2 rings (SSSR count). The maximum Gasteiger partial charge on any atom is 0.272 e. The van der Waals surface area contributed by atoms with E-state index in [1.54, 1.807) is 6.92 Å². The van der Waals surface area contributed by atoms with Gasteiger partial charge in [0.25, 0.3) is 11.9 Å². The summed E-state index contributed by atoms with van der Waals surface area (Å²) in [5.74, 6) is -0.221. The zero-order valence-corrected chi connectivity index (χ0v) is 8.26. The van der Waals surface area contributed by atoms with Gasteiger partial charge in [0.05, 0.1) is 6.04 Å². The van der Waals surface area contributed by atoms with Crippen LogP contribution in [0.5, 0.6) is 0 Å². The summed E-state index contributed by atoms with van der Waals surface area (Å²) in [5.41, 5.74) is 0. The van der Waals surface area contributed by atoms with Crippen LogP contribution >= 0.6 is 0 Å². The van der Waals surface area contributed by atoms with Crippen molar-refractivity contribution in [2.75, 3.05) is 4.90 Å². The smallest absolute Gasteiger partial charge is 0.272 e. The van der Waals surface area contributed by atoms with Crippen molar-refractivity contribution >= 4 is 17.8 Å². The van der Waals surface area contributed by atoms with Crippen molar-refractivity contribution in [1.82, 2.24) is 25.9 Å². The van der Waals surface area contributed by atoms with Gasteiger partial charge in [-0.25, -0.2) is 0 Å². The van der Waals surface area contributed by atoms with E-state index in [0.29, 0.717) is 0 Å². The molecule has 8 heteroatoms. The van der Waals surface area contributed by atoms with Gasteiger partial charge >= 0.3 is 0 Å². The van der Waals surface area contributed by atoms with Crippen LogP contribution in [-0.4, -0.2) is 44.5 Å². The van der Waals surface area contributed by atoms with E-state index in [1.807, 2.05) is 0 Å². The minimum atomic E-state index is -0.485. The van der Waals surface area contributed by atoms with Gasteiger partial charge in [-0.05, 0) is 12.1 Å². The number of β-lactam (4-membered cyclic amide) rings is 1. The number of hydrogen-bond donors (Lipinski definition) is 2. The summed E-state index contributed by atoms with van der Waals surface area (Å²) < 4.78 is 0. The Kier molecular flexibility index (Phi) is 2.10. The van der Waals surface area contributed by atoms with Crippen molar-refractivity contribution in [2.45, 2.75) is 25.9 Å². The van der Waals surface area contributed by atoms with E-state index in [1.165, 1.54) is 11.8 Å². The highest BCUT2D eigenvalue weighted by molar-refractivity contribution is 6.05. The Morgan fingerprint density at radius 3 is 2.80 bits per heavy atom. The van der Waals surface area contributed by atoms with Gasteiger partial charge in [-0.15, -0.1) is 5.10 Å². The normalized spacial score (nSPS) is 24.9. The number of amides is 2. The summed E-state index contributed by atoms with van der Waals surface area (Å²) in [6, 6.07) is -0.639. The molecule has 8 nitrogen and oxygen atoms in total. The topological polar surface area (TPSA) is 104 Å². The van der Waals surface area contributed by atoms with Gasteiger partial charge in [-0.1, -0.05) is 5.10 Å². The molecule has 1 aromatic heterocycles. The maximum absolute atomic E-state index is 11.6. The fraction of sp³-hybridized carbons (Fsp3) is 0.571. The number of carbonyl (C=O) groups is 2. The second kappa shape index (κ2) is 3.30. The fourth-order valence-corrected chi connectivity index (χ4v) is 1.56. The van der Waals surface area contributed by atoms with Crippen LogP contribution in [0.3, 0.4) is 0 Å². The van der Waals surface area contributed by atoms with Crippen LogP contribution in [0.15, 0.2) is 0 Å². The summed E-state index contributed by atoms with van der Waals surface area (Å²) in [4.78, 5) is 23.8. The number of aromatic nitrogens is 4. The molecule has 0 bridgehead atoms. The van der Waals surface area contributed by atoms with Gasteiger partial charge in [0.1, 0.15) is 6.04 Å². The molecule has 0 spiro atoms. The molecule has 2 N–H and O–H groups in total. The second-order valence-corrected chi connectivity index (χ2v) is 3.34. The van der Waals surface area contributed by atoms with Crippen LogP contribution in [0.4, 0.5) is 5.95 Å². The summed E-state index contributed by atoms with van der Waals surface area (Å²) >= 11 is 0. The third-order valence-corrected chi connectivity index (χ3v) is 2.30. The largest absolute Gasteiger partial charge is 0.343 e. The number of carbonyl (C=O) groups excluding carboxylic acids is 2. The molecule has 80 valence electrons. The Morgan fingerprint density at radius 2 is 2.33 bits per heavy atom. The third-order valence-electron chi connectivity index (χ3n) is 2.30.